The first kappa shape index (κ1) is 15.7. The van der Waals surface area contributed by atoms with E-state index in [0.29, 0.717) is 5.69 Å². The summed E-state index contributed by atoms with van der Waals surface area (Å²) >= 11 is 0. The van der Waals surface area contributed by atoms with E-state index in [1.807, 2.05) is 6.07 Å². The van der Waals surface area contributed by atoms with Crippen LogP contribution in [-0.4, -0.2) is 21.1 Å². The molecule has 0 aliphatic rings. The first-order valence-electron chi connectivity index (χ1n) is 6.28. The van der Waals surface area contributed by atoms with Gasteiger partial charge in [-0.25, -0.2) is 4.98 Å². The Bertz CT molecular complexity index is 472. The SMILES string of the molecule is C#Cc1ccc(OC)c(C(O[Si](C)C)C(C)(C)C)n1. The fraction of sp³-hybridized carbons (Fsp3) is 0.533. The molecule has 1 atom stereocenters. The highest BCUT2D eigenvalue weighted by Crippen LogP contribution is 2.39. The van der Waals surface area contributed by atoms with Crippen LogP contribution in [0.25, 0.3) is 0 Å². The molecule has 3 nitrogen and oxygen atoms in total. The second kappa shape index (κ2) is 6.22. The molecule has 1 heterocycles. The van der Waals surface area contributed by atoms with Gasteiger partial charge in [-0.2, -0.15) is 0 Å². The predicted octanol–water partition coefficient (Wildman–Crippen LogP) is 3.43. The number of nitrogens with zero attached hydrogens (tertiary/aromatic N) is 1. The Morgan fingerprint density at radius 1 is 1.32 bits per heavy atom. The summed E-state index contributed by atoms with van der Waals surface area (Å²) in [7, 11) is 0.785. The van der Waals surface area contributed by atoms with Gasteiger partial charge in [-0.05, 0) is 30.6 Å². The molecule has 19 heavy (non-hydrogen) atoms. The Morgan fingerprint density at radius 3 is 2.37 bits per heavy atom. The van der Waals surface area contributed by atoms with Gasteiger partial charge in [-0.15, -0.1) is 6.42 Å². The molecule has 4 heteroatoms. The molecular weight excluding hydrogens is 254 g/mol. The zero-order valence-electron chi connectivity index (χ0n) is 12.6. The van der Waals surface area contributed by atoms with Crippen molar-refractivity contribution in [1.29, 1.82) is 0 Å². The summed E-state index contributed by atoms with van der Waals surface area (Å²) in [5.41, 5.74) is 1.32. The van der Waals surface area contributed by atoms with Gasteiger partial charge >= 0.3 is 0 Å². The Morgan fingerprint density at radius 2 is 1.95 bits per heavy atom. The molecule has 1 aromatic rings. The Labute approximate surface area is 118 Å². The van der Waals surface area contributed by atoms with E-state index in [2.05, 4.69) is 44.8 Å². The van der Waals surface area contributed by atoms with E-state index in [9.17, 15) is 0 Å². The molecule has 0 aliphatic carbocycles. The van der Waals surface area contributed by atoms with E-state index < -0.39 is 9.04 Å². The molecule has 0 aliphatic heterocycles. The first-order chi connectivity index (χ1) is 8.79. The lowest BCUT2D eigenvalue weighted by Gasteiger charge is -2.32. The maximum Gasteiger partial charge on any atom is 0.205 e. The number of aromatic nitrogens is 1. The average Bonchev–Trinajstić information content (AvgIpc) is 2.33. The summed E-state index contributed by atoms with van der Waals surface area (Å²) in [6, 6.07) is 3.64. The molecule has 103 valence electrons. The van der Waals surface area contributed by atoms with Gasteiger partial charge in [0.2, 0.25) is 9.04 Å². The average molecular weight is 276 g/mol. The van der Waals surface area contributed by atoms with Gasteiger partial charge < -0.3 is 9.16 Å². The highest BCUT2D eigenvalue weighted by atomic mass is 28.3. The van der Waals surface area contributed by atoms with Gasteiger partial charge in [0.25, 0.3) is 0 Å². The Kier molecular flexibility index (Phi) is 5.16. The molecule has 0 spiro atoms. The van der Waals surface area contributed by atoms with Crippen molar-refractivity contribution in [2.45, 2.75) is 40.0 Å². The van der Waals surface area contributed by atoms with E-state index in [-0.39, 0.29) is 11.5 Å². The minimum atomic E-state index is -0.854. The molecule has 0 fully saturated rings. The van der Waals surface area contributed by atoms with Crippen molar-refractivity contribution in [2.75, 3.05) is 7.11 Å². The van der Waals surface area contributed by atoms with Gasteiger partial charge in [0.1, 0.15) is 17.1 Å². The zero-order chi connectivity index (χ0) is 14.6. The van der Waals surface area contributed by atoms with Crippen LogP contribution in [0.3, 0.4) is 0 Å². The lowest BCUT2D eigenvalue weighted by molar-refractivity contribution is 0.0799. The largest absolute Gasteiger partial charge is 0.495 e. The second-order valence-electron chi connectivity index (χ2n) is 5.70. The summed E-state index contributed by atoms with van der Waals surface area (Å²) < 4.78 is 11.5. The van der Waals surface area contributed by atoms with Gasteiger partial charge in [0, 0.05) is 0 Å². The summed E-state index contributed by atoms with van der Waals surface area (Å²) in [5, 5.41) is 0. The summed E-state index contributed by atoms with van der Waals surface area (Å²) in [4.78, 5) is 4.51. The molecule has 0 N–H and O–H groups in total. The predicted molar refractivity (Wildman–Crippen MR) is 79.5 cm³/mol. The van der Waals surface area contributed by atoms with E-state index in [1.54, 1.807) is 13.2 Å². The van der Waals surface area contributed by atoms with Crippen LogP contribution in [0.5, 0.6) is 5.75 Å². The van der Waals surface area contributed by atoms with E-state index in [0.717, 1.165) is 11.4 Å². The number of terminal acetylenes is 1. The number of rotatable bonds is 4. The van der Waals surface area contributed by atoms with Crippen molar-refractivity contribution in [3.8, 4) is 18.1 Å². The lowest BCUT2D eigenvalue weighted by atomic mass is 9.86. The highest BCUT2D eigenvalue weighted by molar-refractivity contribution is 6.48. The second-order valence-corrected chi connectivity index (χ2v) is 7.75. The zero-order valence-corrected chi connectivity index (χ0v) is 13.6. The standard InChI is InChI=1S/C15H22NO2Si/c1-8-11-9-10-12(17-5)13(16-11)14(15(2,3)4)18-19(6)7/h1,9-10,14H,2-7H3. The number of methoxy groups -OCH3 is 1. The minimum absolute atomic E-state index is 0.0740. The molecule has 0 saturated carbocycles. The van der Waals surface area contributed by atoms with Crippen LogP contribution in [0.2, 0.25) is 13.1 Å². The summed E-state index contributed by atoms with van der Waals surface area (Å²) in [5.74, 6) is 3.29. The Balaban J connectivity index is 3.32. The third kappa shape index (κ3) is 4.08. The number of hydrogen-bond donors (Lipinski definition) is 0. The van der Waals surface area contributed by atoms with Crippen molar-refractivity contribution in [3.05, 3.63) is 23.5 Å². The molecule has 0 saturated heterocycles. The quantitative estimate of drug-likeness (QED) is 0.623. The third-order valence-corrected chi connectivity index (χ3v) is 3.35. The van der Waals surface area contributed by atoms with Crippen LogP contribution < -0.4 is 4.74 Å². The molecule has 0 amide bonds. The number of ether oxygens (including phenoxy) is 1. The maximum atomic E-state index is 6.13. The topological polar surface area (TPSA) is 31.4 Å². The fourth-order valence-electron chi connectivity index (χ4n) is 1.78. The van der Waals surface area contributed by atoms with Crippen molar-refractivity contribution < 1.29 is 9.16 Å². The van der Waals surface area contributed by atoms with Crippen molar-refractivity contribution in [2.24, 2.45) is 5.41 Å². The first-order valence-corrected chi connectivity index (χ1v) is 8.68. The molecular formula is C15H22NO2Si. The molecule has 1 unspecified atom stereocenters. The van der Waals surface area contributed by atoms with Crippen molar-refractivity contribution in [1.82, 2.24) is 4.98 Å². The van der Waals surface area contributed by atoms with Gasteiger partial charge in [-0.1, -0.05) is 26.7 Å². The van der Waals surface area contributed by atoms with E-state index in [1.165, 1.54) is 0 Å². The van der Waals surface area contributed by atoms with Crippen LogP contribution in [0.1, 0.15) is 38.3 Å². The van der Waals surface area contributed by atoms with E-state index >= 15 is 0 Å². The minimum Gasteiger partial charge on any atom is -0.495 e. The fourth-order valence-corrected chi connectivity index (χ4v) is 2.72. The summed E-state index contributed by atoms with van der Waals surface area (Å²) in [6.45, 7) is 10.6. The molecule has 0 bridgehead atoms. The maximum absolute atomic E-state index is 6.13. The van der Waals surface area contributed by atoms with Crippen molar-refractivity contribution in [3.63, 3.8) is 0 Å². The number of pyridine rings is 1. The number of hydrogen-bond acceptors (Lipinski definition) is 3. The third-order valence-electron chi connectivity index (χ3n) is 2.64. The Hall–Kier alpha value is -1.31. The van der Waals surface area contributed by atoms with E-state index in [4.69, 9.17) is 15.6 Å². The van der Waals surface area contributed by atoms with Crippen LogP contribution in [0.4, 0.5) is 0 Å². The van der Waals surface area contributed by atoms with Gasteiger partial charge in [0.15, 0.2) is 0 Å². The molecule has 1 aromatic heterocycles. The van der Waals surface area contributed by atoms with Gasteiger partial charge in [0.05, 0.1) is 13.2 Å². The van der Waals surface area contributed by atoms with Gasteiger partial charge in [-0.3, -0.25) is 0 Å². The van der Waals surface area contributed by atoms with Crippen LogP contribution in [0.15, 0.2) is 12.1 Å². The normalized spacial score (nSPS) is 13.2. The lowest BCUT2D eigenvalue weighted by Crippen LogP contribution is -2.27. The van der Waals surface area contributed by atoms with Crippen molar-refractivity contribution >= 4 is 9.04 Å². The summed E-state index contributed by atoms with van der Waals surface area (Å²) in [6.07, 6.45) is 5.31. The molecule has 1 radical (unpaired) electrons. The monoisotopic (exact) mass is 276 g/mol. The molecule has 0 aromatic carbocycles. The smallest absolute Gasteiger partial charge is 0.205 e. The molecule has 1 rings (SSSR count). The highest BCUT2D eigenvalue weighted by Gasteiger charge is 2.32. The van der Waals surface area contributed by atoms with Crippen LogP contribution in [-0.2, 0) is 4.43 Å². The van der Waals surface area contributed by atoms with Crippen LogP contribution >= 0.6 is 0 Å². The van der Waals surface area contributed by atoms with Crippen LogP contribution in [0, 0.1) is 17.8 Å².